The molecule has 0 spiro atoms. The van der Waals surface area contributed by atoms with Crippen LogP contribution in [0.4, 0.5) is 0 Å². The molecule has 52 heavy (non-hydrogen) atoms. The van der Waals surface area contributed by atoms with Gasteiger partial charge in [0.2, 0.25) is 0 Å². The molecule has 6 aromatic carbocycles. The van der Waals surface area contributed by atoms with E-state index in [0.717, 1.165) is 0 Å². The summed E-state index contributed by atoms with van der Waals surface area (Å²) in [5, 5.41) is 5.26. The molecular weight excluding hydrogens is 767 g/mol. The first-order chi connectivity index (χ1) is 24.3. The van der Waals surface area contributed by atoms with E-state index in [1.165, 1.54) is 67.8 Å². The Hall–Kier alpha value is -3.00. The SMILES string of the molecule is CC(C)CC1=Cc2c(-c3ccc4ccccc4c3)cccc2[CH]1[Zr+2]([CH]1C(CC(C)C)=Cc2c(-c3ccc4ccccc4c3)cccc21)=[Si](C)C.[Cl-].[Cl-]. The number of benzene rings is 6. The summed E-state index contributed by atoms with van der Waals surface area (Å²) in [5.41, 5.74) is 14.7. The molecule has 0 saturated heterocycles. The van der Waals surface area contributed by atoms with Crippen molar-refractivity contribution in [1.82, 2.24) is 0 Å². The molecule has 2 unspecified atom stereocenters. The molecule has 0 amide bonds. The van der Waals surface area contributed by atoms with E-state index in [1.807, 2.05) is 0 Å². The molecule has 2 aliphatic carbocycles. The Morgan fingerprint density at radius 2 is 0.904 bits per heavy atom. The first kappa shape index (κ1) is 38.7. The fourth-order valence-electron chi connectivity index (χ4n) is 8.92. The van der Waals surface area contributed by atoms with Crippen LogP contribution in [0.3, 0.4) is 0 Å². The van der Waals surface area contributed by atoms with Gasteiger partial charge >= 0.3 is 309 Å². The van der Waals surface area contributed by atoms with Crippen molar-refractivity contribution in [1.29, 1.82) is 0 Å². The minimum Gasteiger partial charge on any atom is -1.00 e. The largest absolute Gasteiger partial charge is 1.00 e. The summed E-state index contributed by atoms with van der Waals surface area (Å²) in [6.45, 7) is 15.0. The van der Waals surface area contributed by atoms with Crippen molar-refractivity contribution in [3.63, 3.8) is 0 Å². The van der Waals surface area contributed by atoms with Crippen molar-refractivity contribution in [2.75, 3.05) is 0 Å². The third kappa shape index (κ3) is 7.27. The van der Waals surface area contributed by atoms with Crippen LogP contribution in [0.15, 0.2) is 132 Å². The van der Waals surface area contributed by atoms with Crippen molar-refractivity contribution < 1.29 is 45.2 Å². The van der Waals surface area contributed by atoms with E-state index in [9.17, 15) is 0 Å². The van der Waals surface area contributed by atoms with Crippen molar-refractivity contribution in [3.8, 4) is 22.3 Å². The van der Waals surface area contributed by atoms with Crippen LogP contribution in [0.5, 0.6) is 0 Å². The Morgan fingerprint density at radius 1 is 0.500 bits per heavy atom. The van der Waals surface area contributed by atoms with Gasteiger partial charge in [0.1, 0.15) is 0 Å². The number of halogens is 2. The van der Waals surface area contributed by atoms with Crippen molar-refractivity contribution in [3.05, 3.63) is 155 Å². The number of fused-ring (bicyclic) bond motifs is 4. The van der Waals surface area contributed by atoms with E-state index in [4.69, 9.17) is 0 Å². The molecule has 0 aliphatic heterocycles. The zero-order valence-corrected chi connectivity index (χ0v) is 36.2. The molecule has 0 nitrogen and oxygen atoms in total. The molecule has 2 aliphatic rings. The quantitative estimate of drug-likeness (QED) is 0.137. The van der Waals surface area contributed by atoms with Crippen LogP contribution in [0.2, 0.25) is 13.1 Å². The second-order valence-corrected chi connectivity index (χ2v) is 33.6. The van der Waals surface area contributed by atoms with Gasteiger partial charge < -0.3 is 24.8 Å². The third-order valence-corrected chi connectivity index (χ3v) is 30.4. The Morgan fingerprint density at radius 3 is 1.29 bits per heavy atom. The Balaban J connectivity index is 0.00000232. The van der Waals surface area contributed by atoms with Crippen LogP contribution in [-0.4, -0.2) is 5.43 Å². The monoisotopic (exact) mass is 812 g/mol. The molecule has 262 valence electrons. The van der Waals surface area contributed by atoms with E-state index in [0.29, 0.717) is 19.1 Å². The number of allylic oxidation sites excluding steroid dienone is 2. The Labute approximate surface area is 331 Å². The molecular formula is C48H48Cl2SiZr. The molecule has 0 bridgehead atoms. The molecule has 0 fully saturated rings. The third-order valence-electron chi connectivity index (χ3n) is 10.9. The van der Waals surface area contributed by atoms with Crippen molar-refractivity contribution in [2.24, 2.45) is 11.8 Å². The maximum atomic E-state index is 2.68. The number of hydrogen-bond donors (Lipinski definition) is 0. The fourth-order valence-corrected chi connectivity index (χ4v) is 29.3. The molecule has 6 aromatic rings. The van der Waals surface area contributed by atoms with Crippen LogP contribution in [0.25, 0.3) is 56.0 Å². The zero-order valence-electron chi connectivity index (χ0n) is 31.2. The topological polar surface area (TPSA) is 0 Å². The van der Waals surface area contributed by atoms with Gasteiger partial charge in [-0.15, -0.1) is 0 Å². The Kier molecular flexibility index (Phi) is 12.0. The average molecular weight is 815 g/mol. The molecule has 8 rings (SSSR count). The van der Waals surface area contributed by atoms with E-state index in [1.54, 1.807) is 22.3 Å². The predicted molar refractivity (Wildman–Crippen MR) is 217 cm³/mol. The van der Waals surface area contributed by atoms with Crippen LogP contribution < -0.4 is 24.8 Å². The molecule has 2 atom stereocenters. The maximum Gasteiger partial charge on any atom is -1.00 e. The van der Waals surface area contributed by atoms with E-state index in [2.05, 4.69) is 174 Å². The molecule has 4 heteroatoms. The molecule has 0 radical (unpaired) electrons. The summed E-state index contributed by atoms with van der Waals surface area (Å²) >= 11 is -2.30. The fraction of sp³-hybridized carbons (Fsp3) is 0.250. The van der Waals surface area contributed by atoms with Crippen LogP contribution in [0, 0.1) is 11.8 Å². The molecule has 0 saturated carbocycles. The standard InChI is InChI=1S/2C23H21.C2H6Si.2ClH.Zr/c2*1-16(2)12-17-13-20-8-5-9-22(23(20)14-17)21-11-10-18-6-3-4-7-19(18)15-21;1-3-2;;;/h2*3-11,13-16H,12H2,1-2H3;1-2H3;2*1H;/q;;;;;+2/p-2. The summed E-state index contributed by atoms with van der Waals surface area (Å²) in [6, 6.07) is 46.2. The minimum atomic E-state index is -2.30. The molecule has 0 N–H and O–H groups in total. The zero-order chi connectivity index (χ0) is 34.5. The maximum absolute atomic E-state index is 2.68. The summed E-state index contributed by atoms with van der Waals surface area (Å²) in [4.78, 5) is 0. The minimum absolute atomic E-state index is 0. The van der Waals surface area contributed by atoms with Gasteiger partial charge in [-0.2, -0.15) is 0 Å². The van der Waals surface area contributed by atoms with Crippen LogP contribution in [0.1, 0.15) is 70.0 Å². The molecule has 0 heterocycles. The van der Waals surface area contributed by atoms with Gasteiger partial charge in [0, 0.05) is 0 Å². The van der Waals surface area contributed by atoms with E-state index < -0.39 is 25.8 Å². The summed E-state index contributed by atoms with van der Waals surface area (Å²) in [5.74, 6) is 1.27. The predicted octanol–water partition coefficient (Wildman–Crippen LogP) is 7.87. The second kappa shape index (κ2) is 16.2. The van der Waals surface area contributed by atoms with Crippen molar-refractivity contribution in [2.45, 2.75) is 60.9 Å². The van der Waals surface area contributed by atoms with Gasteiger partial charge in [-0.25, -0.2) is 0 Å². The molecule has 0 aromatic heterocycles. The van der Waals surface area contributed by atoms with Gasteiger partial charge in [0.05, 0.1) is 0 Å². The smallest absolute Gasteiger partial charge is 1.00 e. The van der Waals surface area contributed by atoms with E-state index >= 15 is 0 Å². The van der Waals surface area contributed by atoms with Gasteiger partial charge in [0.15, 0.2) is 0 Å². The van der Waals surface area contributed by atoms with E-state index in [-0.39, 0.29) is 24.8 Å². The summed E-state index contributed by atoms with van der Waals surface area (Å²) < 4.78 is 1.24. The van der Waals surface area contributed by atoms with Gasteiger partial charge in [-0.05, 0) is 0 Å². The van der Waals surface area contributed by atoms with Gasteiger partial charge in [-0.3, -0.25) is 0 Å². The van der Waals surface area contributed by atoms with Crippen LogP contribution >= 0.6 is 0 Å². The van der Waals surface area contributed by atoms with Gasteiger partial charge in [0.25, 0.3) is 0 Å². The summed E-state index contributed by atoms with van der Waals surface area (Å²) in [6.07, 6.45) is 7.72. The van der Waals surface area contributed by atoms with Crippen LogP contribution in [-0.2, 0) is 20.4 Å². The summed E-state index contributed by atoms with van der Waals surface area (Å²) in [7, 11) is 0. The Bertz CT molecular complexity index is 2220. The first-order valence-electron chi connectivity index (χ1n) is 18.6. The van der Waals surface area contributed by atoms with Gasteiger partial charge in [-0.1, -0.05) is 0 Å². The number of hydrogen-bond acceptors (Lipinski definition) is 0. The first-order valence-corrected chi connectivity index (χ1v) is 27.6. The second-order valence-electron chi connectivity index (χ2n) is 15.7. The average Bonchev–Trinajstić information content (AvgIpc) is 3.64. The normalized spacial score (nSPS) is 15.8. The van der Waals surface area contributed by atoms with Crippen molar-refractivity contribution >= 4 is 39.1 Å². The number of rotatable bonds is 8.